The molecule has 0 amide bonds. The quantitative estimate of drug-likeness (QED) is 0.324. The van der Waals surface area contributed by atoms with Gasteiger partial charge in [-0.3, -0.25) is 10.1 Å². The Bertz CT molecular complexity index is 922. The van der Waals surface area contributed by atoms with Crippen molar-refractivity contribution in [3.05, 3.63) is 100 Å². The fourth-order valence-corrected chi connectivity index (χ4v) is 2.83. The summed E-state index contributed by atoms with van der Waals surface area (Å²) in [5.41, 5.74) is 3.65. The minimum Gasteiger partial charge on any atom is -0.367 e. The van der Waals surface area contributed by atoms with Crippen LogP contribution in [0.4, 0.5) is 17.1 Å². The maximum atomic E-state index is 11.1. The summed E-state index contributed by atoms with van der Waals surface area (Å²) in [4.78, 5) is 17.2. The van der Waals surface area contributed by atoms with Gasteiger partial charge in [-0.2, -0.15) is 0 Å². The first-order valence-electron chi connectivity index (χ1n) is 8.84. The van der Waals surface area contributed by atoms with Crippen LogP contribution in [-0.2, 0) is 6.54 Å². The highest BCUT2D eigenvalue weighted by Gasteiger charge is 2.10. The van der Waals surface area contributed by atoms with Crippen molar-refractivity contribution in [2.45, 2.75) is 13.5 Å². The SMILES string of the molecule is CCN(Cc1ccccc1)c1ccc(C=Nc2ccccc2[N+](=O)[O-])cc1. The van der Waals surface area contributed by atoms with Crippen LogP contribution in [0.1, 0.15) is 18.1 Å². The Kier molecular flexibility index (Phi) is 5.94. The molecule has 0 aliphatic carbocycles. The predicted molar refractivity (Wildman–Crippen MR) is 110 cm³/mol. The fraction of sp³-hybridized carbons (Fsp3) is 0.136. The number of nitro benzene ring substituents is 1. The van der Waals surface area contributed by atoms with Crippen LogP contribution in [0, 0.1) is 10.1 Å². The molecule has 0 aliphatic heterocycles. The van der Waals surface area contributed by atoms with Crippen LogP contribution < -0.4 is 4.90 Å². The standard InChI is InChI=1S/C22H21N3O2/c1-2-24(17-19-8-4-3-5-9-19)20-14-12-18(13-15-20)16-23-21-10-6-7-11-22(21)25(26)27/h3-16H,2,17H2,1H3. The summed E-state index contributed by atoms with van der Waals surface area (Å²) < 4.78 is 0. The van der Waals surface area contributed by atoms with Gasteiger partial charge in [0.05, 0.1) is 4.92 Å². The van der Waals surface area contributed by atoms with Gasteiger partial charge in [-0.1, -0.05) is 54.6 Å². The molecule has 0 heterocycles. The van der Waals surface area contributed by atoms with Crippen LogP contribution in [0.5, 0.6) is 0 Å². The lowest BCUT2D eigenvalue weighted by atomic mass is 10.1. The van der Waals surface area contributed by atoms with Crippen molar-refractivity contribution in [1.29, 1.82) is 0 Å². The molecule has 136 valence electrons. The zero-order valence-electron chi connectivity index (χ0n) is 15.2. The first kappa shape index (κ1) is 18.3. The average Bonchev–Trinajstić information content (AvgIpc) is 2.72. The molecule has 3 aromatic rings. The summed E-state index contributed by atoms with van der Waals surface area (Å²) in [6.07, 6.45) is 1.65. The lowest BCUT2D eigenvalue weighted by Crippen LogP contribution is -2.21. The van der Waals surface area contributed by atoms with Crippen molar-refractivity contribution in [2.75, 3.05) is 11.4 Å². The molecule has 5 nitrogen and oxygen atoms in total. The van der Waals surface area contributed by atoms with Gasteiger partial charge in [-0.25, -0.2) is 4.99 Å². The van der Waals surface area contributed by atoms with E-state index in [1.54, 1.807) is 24.4 Å². The number of hydrogen-bond acceptors (Lipinski definition) is 4. The molecule has 0 bridgehead atoms. The number of benzene rings is 3. The molecule has 0 aliphatic rings. The van der Waals surface area contributed by atoms with Crippen molar-refractivity contribution < 1.29 is 4.92 Å². The van der Waals surface area contributed by atoms with Crippen LogP contribution in [0.15, 0.2) is 83.9 Å². The summed E-state index contributed by atoms with van der Waals surface area (Å²) in [6.45, 7) is 3.88. The van der Waals surface area contributed by atoms with E-state index >= 15 is 0 Å². The molecule has 0 saturated carbocycles. The smallest absolute Gasteiger partial charge is 0.294 e. The summed E-state index contributed by atoms with van der Waals surface area (Å²) in [5.74, 6) is 0. The predicted octanol–water partition coefficient (Wildman–Crippen LogP) is 5.37. The second kappa shape index (κ2) is 8.76. The Morgan fingerprint density at radius 3 is 2.30 bits per heavy atom. The van der Waals surface area contributed by atoms with Crippen LogP contribution in [0.2, 0.25) is 0 Å². The van der Waals surface area contributed by atoms with Gasteiger partial charge in [0.2, 0.25) is 0 Å². The van der Waals surface area contributed by atoms with Gasteiger partial charge in [0.25, 0.3) is 5.69 Å². The maximum absolute atomic E-state index is 11.1. The van der Waals surface area contributed by atoms with Gasteiger partial charge in [0.1, 0.15) is 5.69 Å². The van der Waals surface area contributed by atoms with Gasteiger partial charge < -0.3 is 4.90 Å². The molecular weight excluding hydrogens is 338 g/mol. The van der Waals surface area contributed by atoms with Crippen molar-refractivity contribution in [1.82, 2.24) is 0 Å². The Labute approximate surface area is 158 Å². The first-order chi connectivity index (χ1) is 13.2. The summed E-state index contributed by atoms with van der Waals surface area (Å²) in [7, 11) is 0. The van der Waals surface area contributed by atoms with E-state index in [-0.39, 0.29) is 5.69 Å². The van der Waals surface area contributed by atoms with Crippen molar-refractivity contribution in [3.63, 3.8) is 0 Å². The molecule has 0 saturated heterocycles. The van der Waals surface area contributed by atoms with Crippen molar-refractivity contribution in [2.24, 2.45) is 4.99 Å². The highest BCUT2D eigenvalue weighted by molar-refractivity contribution is 5.83. The molecule has 0 N–H and O–H groups in total. The molecule has 27 heavy (non-hydrogen) atoms. The number of rotatable bonds is 7. The highest BCUT2D eigenvalue weighted by atomic mass is 16.6. The zero-order valence-corrected chi connectivity index (χ0v) is 15.2. The minimum absolute atomic E-state index is 0.00499. The van der Waals surface area contributed by atoms with Gasteiger partial charge in [-0.15, -0.1) is 0 Å². The molecule has 0 spiro atoms. The van der Waals surface area contributed by atoms with Gasteiger partial charge in [0.15, 0.2) is 0 Å². The number of para-hydroxylation sites is 2. The number of aliphatic imine (C=N–C) groups is 1. The van der Waals surface area contributed by atoms with Gasteiger partial charge in [0, 0.05) is 31.1 Å². The van der Waals surface area contributed by atoms with Crippen LogP contribution in [0.3, 0.4) is 0 Å². The minimum atomic E-state index is -0.418. The Morgan fingerprint density at radius 1 is 0.963 bits per heavy atom. The number of nitrogens with zero attached hydrogens (tertiary/aromatic N) is 3. The molecule has 5 heteroatoms. The van der Waals surface area contributed by atoms with Crippen molar-refractivity contribution in [3.8, 4) is 0 Å². The van der Waals surface area contributed by atoms with Gasteiger partial charge in [-0.05, 0) is 36.2 Å². The molecule has 0 unspecified atom stereocenters. The monoisotopic (exact) mass is 359 g/mol. The zero-order chi connectivity index (χ0) is 19.1. The third-order valence-corrected chi connectivity index (χ3v) is 4.29. The molecule has 0 fully saturated rings. The first-order valence-corrected chi connectivity index (χ1v) is 8.84. The van der Waals surface area contributed by atoms with E-state index in [0.29, 0.717) is 5.69 Å². The number of hydrogen-bond donors (Lipinski definition) is 0. The second-order valence-corrected chi connectivity index (χ2v) is 6.10. The third-order valence-electron chi connectivity index (χ3n) is 4.29. The lowest BCUT2D eigenvalue weighted by Gasteiger charge is -2.23. The van der Waals surface area contributed by atoms with Gasteiger partial charge >= 0.3 is 0 Å². The van der Waals surface area contributed by atoms with E-state index in [1.807, 2.05) is 42.5 Å². The lowest BCUT2D eigenvalue weighted by molar-refractivity contribution is -0.384. The van der Waals surface area contributed by atoms with E-state index in [4.69, 9.17) is 0 Å². The molecule has 0 radical (unpaired) electrons. The Morgan fingerprint density at radius 2 is 1.63 bits per heavy atom. The topological polar surface area (TPSA) is 58.7 Å². The van der Waals surface area contributed by atoms with E-state index in [1.165, 1.54) is 11.6 Å². The van der Waals surface area contributed by atoms with E-state index in [2.05, 4.69) is 28.9 Å². The summed E-state index contributed by atoms with van der Waals surface area (Å²) in [6, 6.07) is 24.9. The summed E-state index contributed by atoms with van der Waals surface area (Å²) in [5, 5.41) is 11.1. The number of nitro groups is 1. The van der Waals surface area contributed by atoms with Crippen LogP contribution in [-0.4, -0.2) is 17.7 Å². The van der Waals surface area contributed by atoms with Crippen molar-refractivity contribution >= 4 is 23.3 Å². The third kappa shape index (κ3) is 4.79. The summed E-state index contributed by atoms with van der Waals surface area (Å²) >= 11 is 0. The van der Waals surface area contributed by atoms with Crippen LogP contribution in [0.25, 0.3) is 0 Å². The molecule has 3 aromatic carbocycles. The Balaban J connectivity index is 1.74. The van der Waals surface area contributed by atoms with Crippen LogP contribution >= 0.6 is 0 Å². The molecule has 0 atom stereocenters. The Hall–Kier alpha value is -3.47. The van der Waals surface area contributed by atoms with E-state index in [0.717, 1.165) is 24.3 Å². The van der Waals surface area contributed by atoms with E-state index < -0.39 is 4.92 Å². The number of anilines is 1. The molecular formula is C22H21N3O2. The van der Waals surface area contributed by atoms with E-state index in [9.17, 15) is 10.1 Å². The normalized spacial score (nSPS) is 10.9. The largest absolute Gasteiger partial charge is 0.367 e. The fourth-order valence-electron chi connectivity index (χ4n) is 2.83. The second-order valence-electron chi connectivity index (χ2n) is 6.10. The molecule has 0 aromatic heterocycles. The highest BCUT2D eigenvalue weighted by Crippen LogP contribution is 2.26. The average molecular weight is 359 g/mol. The molecule has 3 rings (SSSR count). The maximum Gasteiger partial charge on any atom is 0.294 e.